The summed E-state index contributed by atoms with van der Waals surface area (Å²) in [6.07, 6.45) is 0. The topological polar surface area (TPSA) is 118 Å². The first-order chi connectivity index (χ1) is 17.0. The van der Waals surface area contributed by atoms with E-state index in [1.807, 2.05) is 13.0 Å². The molecule has 3 N–H and O–H groups in total. The standard InChI is InChI=1S/C26H19N4O5/c1-14-4-2-3-5-17(14)26(32)28-15-6-8-20-18(10-15)24-19(12-33-20)23(25(27)31)29-30(24)16-7-9-21-22(11-16)35-13-34-21/h2-3,5-11H,12-13H2,1H3,(H2,27,31)(H,28,32). The predicted octanol–water partition coefficient (Wildman–Crippen LogP) is 3.62. The molecular weight excluding hydrogens is 448 g/mol. The maximum atomic E-state index is 12.9. The predicted molar refractivity (Wildman–Crippen MR) is 126 cm³/mol. The fourth-order valence-electron chi connectivity index (χ4n) is 4.30. The molecule has 2 amide bonds. The van der Waals surface area contributed by atoms with Gasteiger partial charge >= 0.3 is 0 Å². The highest BCUT2D eigenvalue weighted by Crippen LogP contribution is 2.42. The molecule has 1 radical (unpaired) electrons. The minimum atomic E-state index is -0.659. The van der Waals surface area contributed by atoms with Gasteiger partial charge in [-0.05, 0) is 55.0 Å². The number of fused-ring (bicyclic) bond motifs is 4. The number of hydrogen-bond acceptors (Lipinski definition) is 6. The Kier molecular flexibility index (Phi) is 4.70. The molecule has 9 heteroatoms. The van der Waals surface area contributed by atoms with Gasteiger partial charge in [0.1, 0.15) is 12.4 Å². The molecule has 2 aliphatic heterocycles. The number of primary amides is 1. The molecule has 0 atom stereocenters. The Morgan fingerprint density at radius 3 is 2.71 bits per heavy atom. The van der Waals surface area contributed by atoms with E-state index in [-0.39, 0.29) is 25.0 Å². The minimum Gasteiger partial charge on any atom is -0.488 e. The molecule has 6 rings (SSSR count). The smallest absolute Gasteiger partial charge is 0.269 e. The largest absolute Gasteiger partial charge is 0.488 e. The first-order valence-corrected chi connectivity index (χ1v) is 10.9. The van der Waals surface area contributed by atoms with Gasteiger partial charge in [-0.3, -0.25) is 9.59 Å². The number of nitrogens with two attached hydrogens (primary N) is 1. The first kappa shape index (κ1) is 20.8. The molecule has 0 fully saturated rings. The lowest BCUT2D eigenvalue weighted by molar-refractivity contribution is 0.0990. The number of ether oxygens (including phenoxy) is 3. The van der Waals surface area contributed by atoms with Gasteiger partial charge in [-0.1, -0.05) is 12.1 Å². The molecule has 3 heterocycles. The first-order valence-electron chi connectivity index (χ1n) is 10.9. The van der Waals surface area contributed by atoms with Crippen molar-refractivity contribution in [3.63, 3.8) is 0 Å². The van der Waals surface area contributed by atoms with E-state index in [9.17, 15) is 9.59 Å². The van der Waals surface area contributed by atoms with Crippen LogP contribution in [0.5, 0.6) is 17.2 Å². The molecule has 3 aromatic carbocycles. The second kappa shape index (κ2) is 7.91. The second-order valence-corrected chi connectivity index (χ2v) is 8.15. The van der Waals surface area contributed by atoms with Crippen LogP contribution in [-0.4, -0.2) is 28.4 Å². The number of carbonyl (C=O) groups is 2. The van der Waals surface area contributed by atoms with Crippen molar-refractivity contribution in [1.82, 2.24) is 9.78 Å². The maximum absolute atomic E-state index is 12.9. The average molecular weight is 467 g/mol. The lowest BCUT2D eigenvalue weighted by Gasteiger charge is -2.21. The van der Waals surface area contributed by atoms with Crippen molar-refractivity contribution in [3.05, 3.63) is 83.0 Å². The highest BCUT2D eigenvalue weighted by atomic mass is 16.7. The molecule has 0 unspecified atom stereocenters. The van der Waals surface area contributed by atoms with Gasteiger partial charge in [-0.2, -0.15) is 5.10 Å². The van der Waals surface area contributed by atoms with E-state index in [2.05, 4.69) is 16.5 Å². The van der Waals surface area contributed by atoms with Gasteiger partial charge in [0.15, 0.2) is 17.2 Å². The van der Waals surface area contributed by atoms with Gasteiger partial charge in [0.2, 0.25) is 6.79 Å². The van der Waals surface area contributed by atoms with E-state index < -0.39 is 5.91 Å². The third-order valence-electron chi connectivity index (χ3n) is 5.99. The van der Waals surface area contributed by atoms with Crippen molar-refractivity contribution in [2.45, 2.75) is 13.5 Å². The molecule has 0 spiro atoms. The summed E-state index contributed by atoms with van der Waals surface area (Å²) in [4.78, 5) is 25.1. The normalized spacial score (nSPS) is 12.9. The highest BCUT2D eigenvalue weighted by Gasteiger charge is 2.30. The Labute approximate surface area is 200 Å². The number of benzene rings is 3. The Bertz CT molecular complexity index is 1520. The van der Waals surface area contributed by atoms with E-state index in [4.69, 9.17) is 19.9 Å². The number of hydrogen-bond donors (Lipinski definition) is 2. The molecule has 4 aromatic rings. The van der Waals surface area contributed by atoms with Crippen molar-refractivity contribution in [2.75, 3.05) is 12.1 Å². The molecule has 2 aliphatic rings. The van der Waals surface area contributed by atoms with Crippen molar-refractivity contribution < 1.29 is 23.8 Å². The summed E-state index contributed by atoms with van der Waals surface area (Å²) < 4.78 is 18.5. The van der Waals surface area contributed by atoms with E-state index in [0.29, 0.717) is 51.0 Å². The van der Waals surface area contributed by atoms with Crippen LogP contribution < -0.4 is 25.3 Å². The molecule has 0 bridgehead atoms. The minimum absolute atomic E-state index is 0.119. The van der Waals surface area contributed by atoms with E-state index in [0.717, 1.165) is 5.56 Å². The molecule has 0 saturated heterocycles. The number of amides is 2. The molecule has 0 saturated carbocycles. The Balaban J connectivity index is 1.46. The zero-order chi connectivity index (χ0) is 24.1. The average Bonchev–Trinajstić information content (AvgIpc) is 3.48. The van der Waals surface area contributed by atoms with Crippen LogP contribution in [0.2, 0.25) is 0 Å². The lowest BCUT2D eigenvalue weighted by atomic mass is 10.0. The van der Waals surface area contributed by atoms with E-state index in [1.54, 1.807) is 53.2 Å². The quantitative estimate of drug-likeness (QED) is 0.473. The maximum Gasteiger partial charge on any atom is 0.269 e. The molecule has 173 valence electrons. The zero-order valence-corrected chi connectivity index (χ0v) is 18.6. The summed E-state index contributed by atoms with van der Waals surface area (Å²) in [5.74, 6) is 0.895. The summed E-state index contributed by atoms with van der Waals surface area (Å²) in [5.41, 5.74) is 10.2. The SMILES string of the molecule is Cc1[c]cccc1C(=O)Nc1ccc2c(c1)-c1c(c(C(N)=O)nn1-c1ccc3c(c1)OCO3)CO2. The van der Waals surface area contributed by atoms with Crippen molar-refractivity contribution in [2.24, 2.45) is 5.73 Å². The summed E-state index contributed by atoms with van der Waals surface area (Å²) in [6.45, 7) is 2.11. The van der Waals surface area contributed by atoms with Gasteiger partial charge in [-0.25, -0.2) is 4.68 Å². The van der Waals surface area contributed by atoms with Crippen LogP contribution in [0.15, 0.2) is 54.6 Å². The fraction of sp³-hybridized carbons (Fsp3) is 0.115. The number of rotatable bonds is 4. The number of carbonyl (C=O) groups excluding carboxylic acids is 2. The monoisotopic (exact) mass is 467 g/mol. The van der Waals surface area contributed by atoms with Crippen LogP contribution in [0, 0.1) is 13.0 Å². The molecule has 0 aliphatic carbocycles. The fourth-order valence-corrected chi connectivity index (χ4v) is 4.30. The van der Waals surface area contributed by atoms with Crippen LogP contribution in [-0.2, 0) is 6.61 Å². The van der Waals surface area contributed by atoms with E-state index in [1.165, 1.54) is 0 Å². The molecule has 9 nitrogen and oxygen atoms in total. The van der Waals surface area contributed by atoms with Crippen LogP contribution in [0.1, 0.15) is 32.0 Å². The highest BCUT2D eigenvalue weighted by molar-refractivity contribution is 6.05. The lowest BCUT2D eigenvalue weighted by Crippen LogP contribution is -2.16. The number of aryl methyl sites for hydroxylation is 1. The third-order valence-corrected chi connectivity index (χ3v) is 5.99. The van der Waals surface area contributed by atoms with Gasteiger partial charge < -0.3 is 25.3 Å². The van der Waals surface area contributed by atoms with Gasteiger partial charge in [0.25, 0.3) is 11.8 Å². The summed E-state index contributed by atoms with van der Waals surface area (Å²) >= 11 is 0. The number of aromatic nitrogens is 2. The van der Waals surface area contributed by atoms with E-state index >= 15 is 0 Å². The summed E-state index contributed by atoms with van der Waals surface area (Å²) in [6, 6.07) is 19.0. The van der Waals surface area contributed by atoms with Crippen LogP contribution >= 0.6 is 0 Å². The Hall–Kier alpha value is -4.79. The molecular formula is C26H19N4O5. The van der Waals surface area contributed by atoms with Crippen molar-refractivity contribution in [1.29, 1.82) is 0 Å². The van der Waals surface area contributed by atoms with Crippen LogP contribution in [0.25, 0.3) is 16.9 Å². The van der Waals surface area contributed by atoms with Gasteiger partial charge in [-0.15, -0.1) is 0 Å². The second-order valence-electron chi connectivity index (χ2n) is 8.15. The van der Waals surface area contributed by atoms with Crippen molar-refractivity contribution in [3.8, 4) is 34.2 Å². The number of anilines is 1. The third kappa shape index (κ3) is 3.45. The molecule has 35 heavy (non-hydrogen) atoms. The Morgan fingerprint density at radius 2 is 1.89 bits per heavy atom. The van der Waals surface area contributed by atoms with Gasteiger partial charge in [0.05, 0.1) is 11.4 Å². The van der Waals surface area contributed by atoms with Gasteiger partial charge in [0, 0.05) is 28.4 Å². The summed E-state index contributed by atoms with van der Waals surface area (Å²) in [5, 5.41) is 7.44. The Morgan fingerprint density at radius 1 is 1.06 bits per heavy atom. The van der Waals surface area contributed by atoms with Crippen LogP contribution in [0.4, 0.5) is 5.69 Å². The molecule has 1 aromatic heterocycles. The number of nitrogens with zero attached hydrogens (tertiary/aromatic N) is 2. The number of nitrogens with one attached hydrogen (secondary N) is 1. The zero-order valence-electron chi connectivity index (χ0n) is 18.6. The summed E-state index contributed by atoms with van der Waals surface area (Å²) in [7, 11) is 0. The van der Waals surface area contributed by atoms with Crippen LogP contribution in [0.3, 0.4) is 0 Å². The van der Waals surface area contributed by atoms with Crippen molar-refractivity contribution >= 4 is 17.5 Å².